The Labute approximate surface area is 138 Å². The molecular formula is C16H26N2O4S. The second-order valence-corrected chi connectivity index (χ2v) is 8.08. The largest absolute Gasteiger partial charge is 0.497 e. The zero-order valence-corrected chi connectivity index (χ0v) is 15.1. The number of hydrogen-bond acceptors (Lipinski definition) is 5. The molecule has 0 radical (unpaired) electrons. The number of sulfonamides is 1. The van der Waals surface area contributed by atoms with E-state index < -0.39 is 10.0 Å². The highest BCUT2D eigenvalue weighted by Crippen LogP contribution is 2.28. The molecule has 0 unspecified atom stereocenters. The third-order valence-corrected chi connectivity index (χ3v) is 5.74. The van der Waals surface area contributed by atoms with Crippen molar-refractivity contribution in [3.05, 3.63) is 18.2 Å². The Morgan fingerprint density at radius 1 is 1.17 bits per heavy atom. The Bertz CT molecular complexity index is 637. The predicted molar refractivity (Wildman–Crippen MR) is 89.6 cm³/mol. The van der Waals surface area contributed by atoms with Crippen molar-refractivity contribution in [2.45, 2.75) is 37.1 Å². The molecule has 0 bridgehead atoms. The molecule has 2 rings (SSSR count). The van der Waals surface area contributed by atoms with E-state index in [0.29, 0.717) is 18.0 Å². The SMILES string of the molecule is COc1ccc(OC)c(S(=O)(=O)NCC(C)(C)N2CCCC2)c1. The Morgan fingerprint density at radius 3 is 2.39 bits per heavy atom. The summed E-state index contributed by atoms with van der Waals surface area (Å²) in [6.45, 7) is 6.48. The average molecular weight is 342 g/mol. The standard InChI is InChI=1S/C16H26N2O4S/c1-16(2,18-9-5-6-10-18)12-17-23(19,20)15-11-13(21-3)7-8-14(15)22-4/h7-8,11,17H,5-6,9-10,12H2,1-4H3. The molecular weight excluding hydrogens is 316 g/mol. The molecule has 1 N–H and O–H groups in total. The Morgan fingerprint density at radius 2 is 1.83 bits per heavy atom. The number of nitrogens with zero attached hydrogens (tertiary/aromatic N) is 1. The first-order valence-electron chi connectivity index (χ1n) is 7.77. The lowest BCUT2D eigenvalue weighted by molar-refractivity contribution is 0.158. The predicted octanol–water partition coefficient (Wildman–Crippen LogP) is 1.86. The fraction of sp³-hybridized carbons (Fsp3) is 0.625. The van der Waals surface area contributed by atoms with Crippen LogP contribution in [0.25, 0.3) is 0 Å². The van der Waals surface area contributed by atoms with Gasteiger partial charge in [0.05, 0.1) is 14.2 Å². The molecule has 7 heteroatoms. The molecule has 1 aromatic rings. The molecule has 1 aliphatic rings. The van der Waals surface area contributed by atoms with Crippen molar-refractivity contribution in [3.8, 4) is 11.5 Å². The van der Waals surface area contributed by atoms with Crippen LogP contribution in [0.4, 0.5) is 0 Å². The van der Waals surface area contributed by atoms with Crippen LogP contribution in [0.3, 0.4) is 0 Å². The summed E-state index contributed by atoms with van der Waals surface area (Å²) in [5.74, 6) is 0.780. The van der Waals surface area contributed by atoms with Crippen LogP contribution < -0.4 is 14.2 Å². The van der Waals surface area contributed by atoms with E-state index in [1.54, 1.807) is 12.1 Å². The third kappa shape index (κ3) is 4.16. The van der Waals surface area contributed by atoms with E-state index in [9.17, 15) is 8.42 Å². The van der Waals surface area contributed by atoms with Gasteiger partial charge >= 0.3 is 0 Å². The van der Waals surface area contributed by atoms with Crippen LogP contribution in [-0.4, -0.2) is 52.7 Å². The van der Waals surface area contributed by atoms with Crippen LogP contribution in [0.2, 0.25) is 0 Å². The monoisotopic (exact) mass is 342 g/mol. The first kappa shape index (κ1) is 18.0. The Hall–Kier alpha value is -1.31. The summed E-state index contributed by atoms with van der Waals surface area (Å²) in [6.07, 6.45) is 2.33. The van der Waals surface area contributed by atoms with Crippen molar-refractivity contribution in [2.75, 3.05) is 33.9 Å². The fourth-order valence-electron chi connectivity index (χ4n) is 2.78. The van der Waals surface area contributed by atoms with Gasteiger partial charge in [-0.3, -0.25) is 4.90 Å². The van der Waals surface area contributed by atoms with E-state index in [-0.39, 0.29) is 10.4 Å². The summed E-state index contributed by atoms with van der Waals surface area (Å²) in [5.41, 5.74) is -0.227. The fourth-order valence-corrected chi connectivity index (χ4v) is 4.16. The topological polar surface area (TPSA) is 67.9 Å². The maximum absolute atomic E-state index is 12.7. The number of methoxy groups -OCH3 is 2. The van der Waals surface area contributed by atoms with Gasteiger partial charge in [0.2, 0.25) is 10.0 Å². The zero-order valence-electron chi connectivity index (χ0n) is 14.3. The van der Waals surface area contributed by atoms with E-state index in [1.165, 1.54) is 33.1 Å². The van der Waals surface area contributed by atoms with Gasteiger partial charge in [-0.25, -0.2) is 13.1 Å². The lowest BCUT2D eigenvalue weighted by Crippen LogP contribution is -2.50. The molecule has 0 amide bonds. The zero-order chi connectivity index (χ0) is 17.1. The van der Waals surface area contributed by atoms with Crippen LogP contribution in [-0.2, 0) is 10.0 Å². The van der Waals surface area contributed by atoms with Gasteiger partial charge < -0.3 is 9.47 Å². The van der Waals surface area contributed by atoms with E-state index in [1.807, 2.05) is 0 Å². The molecule has 1 aromatic carbocycles. The van der Waals surface area contributed by atoms with E-state index in [2.05, 4.69) is 23.5 Å². The number of likely N-dealkylation sites (tertiary alicyclic amines) is 1. The first-order valence-corrected chi connectivity index (χ1v) is 9.25. The lowest BCUT2D eigenvalue weighted by Gasteiger charge is -2.35. The Balaban J connectivity index is 2.18. The van der Waals surface area contributed by atoms with E-state index in [0.717, 1.165) is 13.1 Å². The van der Waals surface area contributed by atoms with Gasteiger partial charge in [-0.05, 0) is 51.9 Å². The third-order valence-electron chi connectivity index (χ3n) is 4.32. The molecule has 0 atom stereocenters. The van der Waals surface area contributed by atoms with Gasteiger partial charge in [0, 0.05) is 18.2 Å². The maximum Gasteiger partial charge on any atom is 0.244 e. The molecule has 1 saturated heterocycles. The number of benzene rings is 1. The summed E-state index contributed by atoms with van der Waals surface area (Å²) in [4.78, 5) is 2.41. The summed E-state index contributed by atoms with van der Waals surface area (Å²) in [7, 11) is -0.725. The maximum atomic E-state index is 12.7. The second-order valence-electron chi connectivity index (χ2n) is 6.35. The highest BCUT2D eigenvalue weighted by molar-refractivity contribution is 7.89. The molecule has 0 spiro atoms. The van der Waals surface area contributed by atoms with Crippen molar-refractivity contribution in [1.82, 2.24) is 9.62 Å². The van der Waals surface area contributed by atoms with E-state index >= 15 is 0 Å². The highest BCUT2D eigenvalue weighted by atomic mass is 32.2. The minimum atomic E-state index is -3.68. The average Bonchev–Trinajstić information content (AvgIpc) is 3.08. The van der Waals surface area contributed by atoms with Crippen molar-refractivity contribution in [2.24, 2.45) is 0 Å². The molecule has 1 fully saturated rings. The minimum absolute atomic E-state index is 0.0940. The second kappa shape index (κ2) is 7.07. The molecule has 23 heavy (non-hydrogen) atoms. The van der Waals surface area contributed by atoms with Crippen molar-refractivity contribution < 1.29 is 17.9 Å². The van der Waals surface area contributed by atoms with Crippen molar-refractivity contribution >= 4 is 10.0 Å². The molecule has 0 saturated carbocycles. The highest BCUT2D eigenvalue weighted by Gasteiger charge is 2.31. The van der Waals surface area contributed by atoms with Crippen LogP contribution >= 0.6 is 0 Å². The van der Waals surface area contributed by atoms with Gasteiger partial charge in [-0.15, -0.1) is 0 Å². The molecule has 0 aliphatic carbocycles. The summed E-state index contributed by atoms with van der Waals surface area (Å²) in [5, 5.41) is 0. The minimum Gasteiger partial charge on any atom is -0.497 e. The summed E-state index contributed by atoms with van der Waals surface area (Å²) in [6, 6.07) is 4.75. The van der Waals surface area contributed by atoms with Crippen LogP contribution in [0.1, 0.15) is 26.7 Å². The van der Waals surface area contributed by atoms with Crippen molar-refractivity contribution in [3.63, 3.8) is 0 Å². The number of ether oxygens (including phenoxy) is 2. The van der Waals surface area contributed by atoms with Crippen LogP contribution in [0.5, 0.6) is 11.5 Å². The Kier molecular flexibility index (Phi) is 5.54. The molecule has 6 nitrogen and oxygen atoms in total. The van der Waals surface area contributed by atoms with Crippen LogP contribution in [0.15, 0.2) is 23.1 Å². The van der Waals surface area contributed by atoms with Gasteiger partial charge in [0.15, 0.2) is 0 Å². The smallest absolute Gasteiger partial charge is 0.244 e. The number of nitrogens with one attached hydrogen (secondary N) is 1. The lowest BCUT2D eigenvalue weighted by atomic mass is 10.0. The van der Waals surface area contributed by atoms with Gasteiger partial charge in [0.25, 0.3) is 0 Å². The van der Waals surface area contributed by atoms with Gasteiger partial charge in [-0.2, -0.15) is 0 Å². The number of hydrogen-bond donors (Lipinski definition) is 1. The van der Waals surface area contributed by atoms with Gasteiger partial charge in [-0.1, -0.05) is 0 Å². The first-order chi connectivity index (χ1) is 10.8. The quantitative estimate of drug-likeness (QED) is 0.819. The molecule has 1 heterocycles. The molecule has 0 aromatic heterocycles. The van der Waals surface area contributed by atoms with Crippen molar-refractivity contribution in [1.29, 1.82) is 0 Å². The normalized spacial score (nSPS) is 16.5. The molecule has 1 aliphatic heterocycles. The van der Waals surface area contributed by atoms with Gasteiger partial charge in [0.1, 0.15) is 16.4 Å². The summed E-state index contributed by atoms with van der Waals surface area (Å²) < 4.78 is 38.4. The summed E-state index contributed by atoms with van der Waals surface area (Å²) >= 11 is 0. The number of rotatable bonds is 7. The van der Waals surface area contributed by atoms with Crippen LogP contribution in [0, 0.1) is 0 Å². The molecule has 130 valence electrons. The van der Waals surface area contributed by atoms with E-state index in [4.69, 9.17) is 9.47 Å².